The van der Waals surface area contributed by atoms with Gasteiger partial charge in [-0.15, -0.1) is 0 Å². The Kier molecular flexibility index (Phi) is 4.10. The topological polar surface area (TPSA) is 94.8 Å². The standard InChI is InChI=1S/C19H18N6O/c1-13-11-25(12-21-13)17-8-7-15(10-16(17)20)22-19-23-18(26-24-19)9-14-5-3-2-4-6-14/h2-8,10-12H,9,20H2,1H3,(H,22,24). The molecule has 26 heavy (non-hydrogen) atoms. The fourth-order valence-electron chi connectivity index (χ4n) is 2.70. The minimum absolute atomic E-state index is 0.404. The highest BCUT2D eigenvalue weighted by Crippen LogP contribution is 2.24. The van der Waals surface area contributed by atoms with Crippen molar-refractivity contribution in [3.63, 3.8) is 0 Å². The third kappa shape index (κ3) is 3.41. The number of nitrogens with zero attached hydrogens (tertiary/aromatic N) is 4. The second kappa shape index (κ2) is 6.72. The second-order valence-corrected chi connectivity index (χ2v) is 6.00. The highest BCUT2D eigenvalue weighted by Gasteiger charge is 2.09. The number of nitrogens with one attached hydrogen (secondary N) is 1. The van der Waals surface area contributed by atoms with Crippen LogP contribution < -0.4 is 11.1 Å². The lowest BCUT2D eigenvalue weighted by Gasteiger charge is -2.08. The van der Waals surface area contributed by atoms with Gasteiger partial charge >= 0.3 is 0 Å². The van der Waals surface area contributed by atoms with Crippen LogP contribution in [0.4, 0.5) is 17.3 Å². The van der Waals surface area contributed by atoms with Crippen molar-refractivity contribution in [1.82, 2.24) is 19.7 Å². The van der Waals surface area contributed by atoms with E-state index in [2.05, 4.69) is 20.4 Å². The second-order valence-electron chi connectivity index (χ2n) is 6.00. The Bertz CT molecular complexity index is 1020. The van der Waals surface area contributed by atoms with Crippen LogP contribution in [-0.4, -0.2) is 19.7 Å². The lowest BCUT2D eigenvalue weighted by molar-refractivity contribution is 0.386. The fraction of sp³-hybridized carbons (Fsp3) is 0.105. The number of hydrogen-bond donors (Lipinski definition) is 2. The molecule has 4 aromatic rings. The summed E-state index contributed by atoms with van der Waals surface area (Å²) in [5.74, 6) is 0.957. The largest absolute Gasteiger partial charge is 0.397 e. The van der Waals surface area contributed by atoms with E-state index in [1.54, 1.807) is 6.33 Å². The molecule has 0 unspecified atom stereocenters. The first-order valence-electron chi connectivity index (χ1n) is 8.21. The fourth-order valence-corrected chi connectivity index (χ4v) is 2.70. The van der Waals surface area contributed by atoms with Crippen LogP contribution in [-0.2, 0) is 6.42 Å². The number of rotatable bonds is 5. The zero-order valence-corrected chi connectivity index (χ0v) is 14.3. The van der Waals surface area contributed by atoms with E-state index in [1.807, 2.05) is 66.2 Å². The van der Waals surface area contributed by atoms with Crippen LogP contribution in [0.25, 0.3) is 5.69 Å². The molecule has 3 N–H and O–H groups in total. The van der Waals surface area contributed by atoms with Crippen molar-refractivity contribution < 1.29 is 4.52 Å². The van der Waals surface area contributed by atoms with Gasteiger partial charge in [-0.2, -0.15) is 4.98 Å². The summed E-state index contributed by atoms with van der Waals surface area (Å²) in [5, 5.41) is 7.08. The van der Waals surface area contributed by atoms with Gasteiger partial charge in [0.25, 0.3) is 5.95 Å². The van der Waals surface area contributed by atoms with Crippen molar-refractivity contribution >= 4 is 17.3 Å². The number of hydrogen-bond acceptors (Lipinski definition) is 6. The molecule has 0 aliphatic carbocycles. The van der Waals surface area contributed by atoms with Crippen molar-refractivity contribution in [2.24, 2.45) is 0 Å². The van der Waals surface area contributed by atoms with E-state index >= 15 is 0 Å². The molecule has 2 aromatic carbocycles. The van der Waals surface area contributed by atoms with Crippen LogP contribution in [0.5, 0.6) is 0 Å². The number of anilines is 3. The van der Waals surface area contributed by atoms with Crippen molar-refractivity contribution in [3.05, 3.63) is 78.2 Å². The zero-order chi connectivity index (χ0) is 17.9. The molecule has 0 saturated carbocycles. The minimum atomic E-state index is 0.404. The maximum absolute atomic E-state index is 6.17. The van der Waals surface area contributed by atoms with Crippen LogP contribution in [0.2, 0.25) is 0 Å². The van der Waals surface area contributed by atoms with Crippen LogP contribution in [0, 0.1) is 6.92 Å². The molecule has 0 atom stereocenters. The number of imidazole rings is 1. The van der Waals surface area contributed by atoms with E-state index < -0.39 is 0 Å². The van der Waals surface area contributed by atoms with Crippen molar-refractivity contribution in [1.29, 1.82) is 0 Å². The molecule has 0 aliphatic heterocycles. The number of nitrogens with two attached hydrogens (primary N) is 1. The summed E-state index contributed by atoms with van der Waals surface area (Å²) < 4.78 is 7.19. The molecule has 2 aromatic heterocycles. The monoisotopic (exact) mass is 346 g/mol. The van der Waals surface area contributed by atoms with Crippen LogP contribution >= 0.6 is 0 Å². The summed E-state index contributed by atoms with van der Waals surface area (Å²) in [7, 11) is 0. The molecule has 2 heterocycles. The van der Waals surface area contributed by atoms with Gasteiger partial charge in [-0.25, -0.2) is 4.98 Å². The van der Waals surface area contributed by atoms with Crippen molar-refractivity contribution in [2.75, 3.05) is 11.1 Å². The molecule has 4 rings (SSSR count). The summed E-state index contributed by atoms with van der Waals surface area (Å²) in [6, 6.07) is 15.6. The van der Waals surface area contributed by atoms with Gasteiger partial charge < -0.3 is 20.1 Å². The van der Waals surface area contributed by atoms with E-state index in [0.29, 0.717) is 23.9 Å². The van der Waals surface area contributed by atoms with Gasteiger partial charge in [0, 0.05) is 11.9 Å². The molecule has 0 bridgehead atoms. The Morgan fingerprint density at radius 3 is 2.73 bits per heavy atom. The van der Waals surface area contributed by atoms with Gasteiger partial charge in [0.15, 0.2) is 0 Å². The van der Waals surface area contributed by atoms with E-state index in [9.17, 15) is 0 Å². The smallest absolute Gasteiger partial charge is 0.267 e. The third-order valence-corrected chi connectivity index (χ3v) is 3.94. The quantitative estimate of drug-likeness (QED) is 0.537. The zero-order valence-electron chi connectivity index (χ0n) is 14.3. The Morgan fingerprint density at radius 2 is 2.00 bits per heavy atom. The average molecular weight is 346 g/mol. The van der Waals surface area contributed by atoms with Gasteiger partial charge in [-0.1, -0.05) is 30.3 Å². The molecule has 0 aliphatic rings. The molecule has 0 saturated heterocycles. The highest BCUT2D eigenvalue weighted by atomic mass is 16.5. The number of nitrogen functional groups attached to an aromatic ring is 1. The predicted molar refractivity (Wildman–Crippen MR) is 99.5 cm³/mol. The first kappa shape index (κ1) is 15.9. The van der Waals surface area contributed by atoms with Crippen LogP contribution in [0.1, 0.15) is 17.1 Å². The third-order valence-electron chi connectivity index (χ3n) is 3.94. The van der Waals surface area contributed by atoms with Gasteiger partial charge in [0.2, 0.25) is 5.89 Å². The summed E-state index contributed by atoms with van der Waals surface area (Å²) in [5.41, 5.74) is 10.5. The molecular weight excluding hydrogens is 328 g/mol. The van der Waals surface area contributed by atoms with Gasteiger partial charge in [0.1, 0.15) is 0 Å². The Morgan fingerprint density at radius 1 is 1.15 bits per heavy atom. The van der Waals surface area contributed by atoms with Gasteiger partial charge in [0.05, 0.1) is 29.8 Å². The first-order chi connectivity index (χ1) is 12.7. The average Bonchev–Trinajstić information content (AvgIpc) is 3.25. The molecule has 0 fully saturated rings. The molecule has 0 amide bonds. The lowest BCUT2D eigenvalue weighted by atomic mass is 10.1. The Hall–Kier alpha value is -3.61. The van der Waals surface area contributed by atoms with Gasteiger partial charge in [-0.05, 0) is 35.8 Å². The number of benzene rings is 2. The van der Waals surface area contributed by atoms with E-state index in [4.69, 9.17) is 10.3 Å². The molecule has 0 radical (unpaired) electrons. The van der Waals surface area contributed by atoms with E-state index in [1.165, 1.54) is 0 Å². The predicted octanol–water partition coefficient (Wildman–Crippen LogP) is 3.48. The van der Waals surface area contributed by atoms with Crippen LogP contribution in [0.15, 0.2) is 65.6 Å². The summed E-state index contributed by atoms with van der Waals surface area (Å²) in [4.78, 5) is 8.59. The normalized spacial score (nSPS) is 10.8. The maximum Gasteiger partial charge on any atom is 0.267 e. The molecule has 7 nitrogen and oxygen atoms in total. The first-order valence-corrected chi connectivity index (χ1v) is 8.21. The van der Waals surface area contributed by atoms with Crippen molar-refractivity contribution in [2.45, 2.75) is 13.3 Å². The van der Waals surface area contributed by atoms with E-state index in [-0.39, 0.29) is 0 Å². The molecular formula is C19H18N6O. The summed E-state index contributed by atoms with van der Waals surface area (Å²) in [6.07, 6.45) is 4.26. The molecule has 130 valence electrons. The number of aryl methyl sites for hydroxylation is 1. The maximum atomic E-state index is 6.17. The summed E-state index contributed by atoms with van der Waals surface area (Å²) >= 11 is 0. The minimum Gasteiger partial charge on any atom is -0.397 e. The van der Waals surface area contributed by atoms with Gasteiger partial charge in [-0.3, -0.25) is 0 Å². The van der Waals surface area contributed by atoms with E-state index in [0.717, 1.165) is 22.6 Å². The number of aromatic nitrogens is 4. The summed E-state index contributed by atoms with van der Waals surface area (Å²) in [6.45, 7) is 1.94. The SMILES string of the molecule is Cc1cn(-c2ccc(Nc3noc(Cc4ccccc4)n3)cc2N)cn1. The Labute approximate surface area is 150 Å². The Balaban J connectivity index is 1.48. The lowest BCUT2D eigenvalue weighted by Crippen LogP contribution is -2.00. The van der Waals surface area contributed by atoms with Crippen molar-refractivity contribution in [3.8, 4) is 5.69 Å². The molecule has 7 heteroatoms. The highest BCUT2D eigenvalue weighted by molar-refractivity contribution is 5.67. The molecule has 0 spiro atoms. The van der Waals surface area contributed by atoms with Crippen LogP contribution in [0.3, 0.4) is 0 Å².